The summed E-state index contributed by atoms with van der Waals surface area (Å²) in [5.41, 5.74) is 0.927. The fraction of sp³-hybridized carbons (Fsp3) is 0. The maximum Gasteiger partial charge on any atom is 0.270 e. The fourth-order valence-electron chi connectivity index (χ4n) is 2.11. The number of aromatic nitrogens is 1. The van der Waals surface area contributed by atoms with E-state index in [1.165, 1.54) is 23.5 Å². The third-order valence-corrected chi connectivity index (χ3v) is 4.99. The summed E-state index contributed by atoms with van der Waals surface area (Å²) >= 11 is 19.3. The molecule has 3 rings (SSSR count). The summed E-state index contributed by atoms with van der Waals surface area (Å²) in [5, 5.41) is 16.5. The Balaban J connectivity index is 1.86. The number of carbonyl (C=O) groups is 1. The topological polar surface area (TPSA) is 85.1 Å². The van der Waals surface area contributed by atoms with E-state index in [4.69, 9.17) is 34.8 Å². The lowest BCUT2D eigenvalue weighted by atomic mass is 10.2. The number of thiazole rings is 1. The number of nitrogens with one attached hydrogen (secondary N) is 1. The summed E-state index contributed by atoms with van der Waals surface area (Å²) in [6, 6.07) is 8.61. The first-order chi connectivity index (χ1) is 12.3. The molecule has 1 aromatic heterocycles. The van der Waals surface area contributed by atoms with Crippen LogP contribution in [0.25, 0.3) is 11.3 Å². The van der Waals surface area contributed by atoms with Crippen molar-refractivity contribution in [2.45, 2.75) is 0 Å². The van der Waals surface area contributed by atoms with E-state index in [1.54, 1.807) is 23.6 Å². The van der Waals surface area contributed by atoms with Crippen LogP contribution >= 0.6 is 46.1 Å². The largest absolute Gasteiger partial charge is 0.298 e. The van der Waals surface area contributed by atoms with Gasteiger partial charge in [0.2, 0.25) is 0 Å². The molecule has 0 saturated carbocycles. The van der Waals surface area contributed by atoms with E-state index < -0.39 is 10.8 Å². The first-order valence-corrected chi connectivity index (χ1v) is 9.03. The van der Waals surface area contributed by atoms with E-state index in [-0.39, 0.29) is 16.3 Å². The van der Waals surface area contributed by atoms with Gasteiger partial charge in [-0.2, -0.15) is 0 Å². The van der Waals surface area contributed by atoms with Crippen molar-refractivity contribution in [1.82, 2.24) is 4.98 Å². The number of nitro groups is 1. The number of hydrogen-bond acceptors (Lipinski definition) is 5. The van der Waals surface area contributed by atoms with Gasteiger partial charge in [0, 0.05) is 28.1 Å². The highest BCUT2D eigenvalue weighted by Crippen LogP contribution is 2.33. The molecule has 26 heavy (non-hydrogen) atoms. The Morgan fingerprint density at radius 3 is 2.58 bits per heavy atom. The Morgan fingerprint density at radius 1 is 1.12 bits per heavy atom. The number of anilines is 1. The molecule has 0 aliphatic rings. The molecule has 0 fully saturated rings. The van der Waals surface area contributed by atoms with E-state index in [2.05, 4.69) is 10.3 Å². The number of rotatable bonds is 4. The van der Waals surface area contributed by atoms with Gasteiger partial charge in [-0.25, -0.2) is 4.98 Å². The Bertz CT molecular complexity index is 1020. The summed E-state index contributed by atoms with van der Waals surface area (Å²) in [4.78, 5) is 26.9. The second kappa shape index (κ2) is 7.59. The minimum Gasteiger partial charge on any atom is -0.298 e. The first kappa shape index (κ1) is 18.6. The normalized spacial score (nSPS) is 10.6. The van der Waals surface area contributed by atoms with Crippen LogP contribution < -0.4 is 5.32 Å². The van der Waals surface area contributed by atoms with Crippen molar-refractivity contribution in [3.63, 3.8) is 0 Å². The zero-order valence-electron chi connectivity index (χ0n) is 12.7. The van der Waals surface area contributed by atoms with Gasteiger partial charge in [-0.05, 0) is 24.3 Å². The SMILES string of the molecule is O=C(Nc1nc(-c2cc(Cl)ccc2Cl)cs1)c1cc([N+](=O)[O-])ccc1Cl. The standard InChI is InChI=1S/C16H8Cl3N3O3S/c17-8-1-3-12(18)10(5-8)14-7-26-16(20-14)21-15(23)11-6-9(22(24)25)2-4-13(11)19/h1-7H,(H,20,21,23). The molecule has 3 aromatic rings. The van der Waals surface area contributed by atoms with Gasteiger partial charge in [-0.15, -0.1) is 11.3 Å². The summed E-state index contributed by atoms with van der Waals surface area (Å²) in [5.74, 6) is -0.600. The average molecular weight is 429 g/mol. The zero-order chi connectivity index (χ0) is 18.8. The molecule has 0 aliphatic heterocycles. The van der Waals surface area contributed by atoms with Crippen LogP contribution in [0.1, 0.15) is 10.4 Å². The number of halogens is 3. The van der Waals surface area contributed by atoms with Crippen LogP contribution in [0, 0.1) is 10.1 Å². The molecular weight excluding hydrogens is 421 g/mol. The lowest BCUT2D eigenvalue weighted by Crippen LogP contribution is -2.12. The molecule has 0 atom stereocenters. The summed E-state index contributed by atoms with van der Waals surface area (Å²) in [6.45, 7) is 0. The molecule has 0 bridgehead atoms. The predicted octanol–water partition coefficient (Wildman–Crippen LogP) is 5.93. The molecule has 6 nitrogen and oxygen atoms in total. The van der Waals surface area contributed by atoms with E-state index in [1.807, 2.05) is 0 Å². The van der Waals surface area contributed by atoms with Crippen LogP contribution in [-0.2, 0) is 0 Å². The quantitative estimate of drug-likeness (QED) is 0.412. The summed E-state index contributed by atoms with van der Waals surface area (Å²) in [7, 11) is 0. The molecule has 132 valence electrons. The molecule has 0 spiro atoms. The van der Waals surface area contributed by atoms with Crippen LogP contribution in [0.4, 0.5) is 10.8 Å². The van der Waals surface area contributed by atoms with Gasteiger partial charge < -0.3 is 0 Å². The number of non-ortho nitro benzene ring substituents is 1. The Hall–Kier alpha value is -2.19. The monoisotopic (exact) mass is 427 g/mol. The van der Waals surface area contributed by atoms with E-state index in [9.17, 15) is 14.9 Å². The summed E-state index contributed by atoms with van der Waals surface area (Å²) in [6.07, 6.45) is 0. The fourth-order valence-corrected chi connectivity index (χ4v) is 3.41. The molecule has 1 N–H and O–H groups in total. The van der Waals surface area contributed by atoms with Crippen LogP contribution in [0.3, 0.4) is 0 Å². The number of benzene rings is 2. The van der Waals surface area contributed by atoms with Crippen molar-refractivity contribution >= 4 is 62.9 Å². The van der Waals surface area contributed by atoms with Gasteiger partial charge in [0.25, 0.3) is 11.6 Å². The van der Waals surface area contributed by atoms with Crippen molar-refractivity contribution in [3.8, 4) is 11.3 Å². The summed E-state index contributed by atoms with van der Waals surface area (Å²) < 4.78 is 0. The van der Waals surface area contributed by atoms with Crippen molar-refractivity contribution in [3.05, 3.63) is 72.5 Å². The minimum absolute atomic E-state index is 0.0154. The maximum atomic E-state index is 12.4. The molecule has 1 heterocycles. The van der Waals surface area contributed by atoms with Crippen molar-refractivity contribution < 1.29 is 9.72 Å². The smallest absolute Gasteiger partial charge is 0.270 e. The van der Waals surface area contributed by atoms with Gasteiger partial charge in [0.1, 0.15) is 0 Å². The van der Waals surface area contributed by atoms with Crippen molar-refractivity contribution in [2.24, 2.45) is 0 Å². The second-order valence-corrected chi connectivity index (χ2v) is 7.15. The van der Waals surface area contributed by atoms with Gasteiger partial charge in [-0.1, -0.05) is 34.8 Å². The molecule has 0 aliphatic carbocycles. The number of hydrogen-bond donors (Lipinski definition) is 1. The van der Waals surface area contributed by atoms with Crippen LogP contribution in [0.15, 0.2) is 41.8 Å². The highest BCUT2D eigenvalue weighted by molar-refractivity contribution is 7.14. The van der Waals surface area contributed by atoms with E-state index in [0.29, 0.717) is 26.4 Å². The number of nitro benzene ring substituents is 1. The maximum absolute atomic E-state index is 12.4. The minimum atomic E-state index is -0.601. The number of amides is 1. The number of nitrogens with zero attached hydrogens (tertiary/aromatic N) is 2. The highest BCUT2D eigenvalue weighted by atomic mass is 35.5. The third-order valence-electron chi connectivity index (χ3n) is 3.33. The number of carbonyl (C=O) groups excluding carboxylic acids is 1. The van der Waals surface area contributed by atoms with Gasteiger partial charge in [0.05, 0.1) is 26.2 Å². The Morgan fingerprint density at radius 2 is 1.85 bits per heavy atom. The molecular formula is C16H8Cl3N3O3S. The van der Waals surface area contributed by atoms with E-state index >= 15 is 0 Å². The lowest BCUT2D eigenvalue weighted by molar-refractivity contribution is -0.384. The van der Waals surface area contributed by atoms with Crippen LogP contribution in [-0.4, -0.2) is 15.8 Å². The first-order valence-electron chi connectivity index (χ1n) is 7.01. The lowest BCUT2D eigenvalue weighted by Gasteiger charge is -2.04. The molecule has 10 heteroatoms. The van der Waals surface area contributed by atoms with Crippen LogP contribution in [0.2, 0.25) is 15.1 Å². The Labute approximate surface area is 166 Å². The second-order valence-electron chi connectivity index (χ2n) is 5.04. The molecule has 2 aromatic carbocycles. The van der Waals surface area contributed by atoms with Crippen molar-refractivity contribution in [2.75, 3.05) is 5.32 Å². The zero-order valence-corrected chi connectivity index (χ0v) is 15.8. The predicted molar refractivity (Wildman–Crippen MR) is 104 cm³/mol. The average Bonchev–Trinajstić information content (AvgIpc) is 3.05. The molecule has 0 saturated heterocycles. The van der Waals surface area contributed by atoms with Crippen LogP contribution in [0.5, 0.6) is 0 Å². The molecule has 0 unspecified atom stereocenters. The molecule has 1 amide bonds. The third kappa shape index (κ3) is 3.96. The van der Waals surface area contributed by atoms with E-state index in [0.717, 1.165) is 6.07 Å². The van der Waals surface area contributed by atoms with Gasteiger partial charge in [0.15, 0.2) is 5.13 Å². The Kier molecular flexibility index (Phi) is 5.43. The van der Waals surface area contributed by atoms with Gasteiger partial charge >= 0.3 is 0 Å². The van der Waals surface area contributed by atoms with Gasteiger partial charge in [-0.3, -0.25) is 20.2 Å². The molecule has 0 radical (unpaired) electrons. The van der Waals surface area contributed by atoms with Crippen molar-refractivity contribution in [1.29, 1.82) is 0 Å². The highest BCUT2D eigenvalue weighted by Gasteiger charge is 2.17.